The lowest BCUT2D eigenvalue weighted by molar-refractivity contribution is -0.120. The summed E-state index contributed by atoms with van der Waals surface area (Å²) in [7, 11) is 0. The van der Waals surface area contributed by atoms with Crippen molar-refractivity contribution in [2.24, 2.45) is 0 Å². The number of nitrogens with one attached hydrogen (secondary N) is 2. The highest BCUT2D eigenvalue weighted by Crippen LogP contribution is 2.17. The van der Waals surface area contributed by atoms with Gasteiger partial charge in [-0.25, -0.2) is 0 Å². The van der Waals surface area contributed by atoms with Gasteiger partial charge in [-0.1, -0.05) is 12.8 Å². The van der Waals surface area contributed by atoms with Crippen LogP contribution < -0.4 is 10.6 Å². The van der Waals surface area contributed by atoms with Gasteiger partial charge in [0.25, 0.3) is 0 Å². The molecule has 0 aromatic rings. The predicted molar refractivity (Wildman–Crippen MR) is 65.8 cm³/mol. The van der Waals surface area contributed by atoms with Crippen LogP contribution in [0.3, 0.4) is 0 Å². The number of carbonyl (C=O) groups excluding carboxylic acids is 1. The first-order valence-corrected chi connectivity index (χ1v) is 6.51. The van der Waals surface area contributed by atoms with E-state index in [4.69, 9.17) is 9.84 Å². The molecule has 1 aliphatic carbocycles. The summed E-state index contributed by atoms with van der Waals surface area (Å²) >= 11 is 0. The maximum absolute atomic E-state index is 11.5. The fourth-order valence-electron chi connectivity index (χ4n) is 2.02. The molecule has 0 bridgehead atoms. The van der Waals surface area contributed by atoms with Crippen LogP contribution >= 0.6 is 0 Å². The molecular formula is C12H24N2O3. The molecule has 0 saturated heterocycles. The summed E-state index contributed by atoms with van der Waals surface area (Å²) in [5.74, 6) is 0.0909. The monoisotopic (exact) mass is 244 g/mol. The minimum absolute atomic E-state index is 0.0667. The summed E-state index contributed by atoms with van der Waals surface area (Å²) < 4.78 is 5.11. The maximum atomic E-state index is 11.5. The van der Waals surface area contributed by atoms with Crippen molar-refractivity contribution in [2.45, 2.75) is 38.1 Å². The van der Waals surface area contributed by atoms with Crippen LogP contribution in [0.2, 0.25) is 0 Å². The van der Waals surface area contributed by atoms with E-state index >= 15 is 0 Å². The van der Waals surface area contributed by atoms with Crippen LogP contribution in [0.15, 0.2) is 0 Å². The Morgan fingerprint density at radius 2 is 2.06 bits per heavy atom. The number of ether oxygens (including phenoxy) is 1. The summed E-state index contributed by atoms with van der Waals surface area (Å²) in [5.41, 5.74) is 0. The van der Waals surface area contributed by atoms with Gasteiger partial charge in [-0.15, -0.1) is 0 Å². The lowest BCUT2D eigenvalue weighted by Gasteiger charge is -2.12. The smallest absolute Gasteiger partial charge is 0.234 e. The molecule has 1 rings (SSSR count). The van der Waals surface area contributed by atoms with Gasteiger partial charge < -0.3 is 20.5 Å². The van der Waals surface area contributed by atoms with Crippen molar-refractivity contribution >= 4 is 5.91 Å². The average molecular weight is 244 g/mol. The Morgan fingerprint density at radius 1 is 1.29 bits per heavy atom. The van der Waals surface area contributed by atoms with Crippen molar-refractivity contribution in [1.82, 2.24) is 10.6 Å². The molecule has 0 atom stereocenters. The molecule has 100 valence electrons. The Kier molecular flexibility index (Phi) is 7.96. The van der Waals surface area contributed by atoms with Crippen LogP contribution in [-0.2, 0) is 9.53 Å². The minimum Gasteiger partial charge on any atom is -0.394 e. The maximum Gasteiger partial charge on any atom is 0.234 e. The third-order valence-electron chi connectivity index (χ3n) is 2.88. The van der Waals surface area contributed by atoms with Crippen molar-refractivity contribution in [2.75, 3.05) is 32.9 Å². The number of carbonyl (C=O) groups is 1. The summed E-state index contributed by atoms with van der Waals surface area (Å²) in [6.45, 7) is 2.23. The number of aliphatic hydroxyl groups is 1. The van der Waals surface area contributed by atoms with E-state index in [1.807, 2.05) is 0 Å². The Morgan fingerprint density at radius 3 is 2.76 bits per heavy atom. The van der Waals surface area contributed by atoms with E-state index in [9.17, 15) is 4.79 Å². The predicted octanol–water partition coefficient (Wildman–Crippen LogP) is 0.0338. The van der Waals surface area contributed by atoms with E-state index in [1.165, 1.54) is 12.8 Å². The first-order chi connectivity index (χ1) is 8.33. The standard InChI is InChI=1S/C12H24N2O3/c15-7-9-17-8-3-6-13-10-12(16)14-11-4-1-2-5-11/h11,13,15H,1-10H2,(H,14,16). The third kappa shape index (κ3) is 7.31. The molecule has 0 aliphatic heterocycles. The van der Waals surface area contributed by atoms with Crippen LogP contribution in [0.4, 0.5) is 0 Å². The van der Waals surface area contributed by atoms with Gasteiger partial charge >= 0.3 is 0 Å². The normalized spacial score (nSPS) is 16.3. The lowest BCUT2D eigenvalue weighted by Crippen LogP contribution is -2.39. The number of amides is 1. The van der Waals surface area contributed by atoms with E-state index in [0.717, 1.165) is 25.8 Å². The van der Waals surface area contributed by atoms with Gasteiger partial charge in [-0.3, -0.25) is 4.79 Å². The second kappa shape index (κ2) is 9.39. The molecule has 17 heavy (non-hydrogen) atoms. The van der Waals surface area contributed by atoms with Crippen molar-refractivity contribution in [3.05, 3.63) is 0 Å². The molecule has 3 N–H and O–H groups in total. The number of aliphatic hydroxyl groups excluding tert-OH is 1. The Bertz CT molecular complexity index is 206. The van der Waals surface area contributed by atoms with Crippen molar-refractivity contribution < 1.29 is 14.6 Å². The molecule has 0 aromatic heterocycles. The number of hydrogen-bond donors (Lipinski definition) is 3. The highest BCUT2D eigenvalue weighted by Gasteiger charge is 2.16. The molecule has 1 amide bonds. The van der Waals surface area contributed by atoms with Gasteiger partial charge in [0, 0.05) is 12.6 Å². The topological polar surface area (TPSA) is 70.6 Å². The number of hydrogen-bond acceptors (Lipinski definition) is 4. The molecule has 0 heterocycles. The second-order valence-electron chi connectivity index (χ2n) is 4.42. The SMILES string of the molecule is O=C(CNCCCOCCO)NC1CCCC1. The molecule has 1 aliphatic rings. The molecule has 5 heteroatoms. The highest BCUT2D eigenvalue weighted by molar-refractivity contribution is 5.78. The van der Waals surface area contributed by atoms with Crippen LogP contribution in [0.1, 0.15) is 32.1 Å². The van der Waals surface area contributed by atoms with Crippen molar-refractivity contribution in [3.63, 3.8) is 0 Å². The fourth-order valence-corrected chi connectivity index (χ4v) is 2.02. The first kappa shape index (κ1) is 14.4. The fraction of sp³-hybridized carbons (Fsp3) is 0.917. The zero-order valence-electron chi connectivity index (χ0n) is 10.4. The summed E-state index contributed by atoms with van der Waals surface area (Å²) in [4.78, 5) is 11.5. The van der Waals surface area contributed by atoms with Crippen LogP contribution in [-0.4, -0.2) is 50.0 Å². The molecule has 1 saturated carbocycles. The van der Waals surface area contributed by atoms with Gasteiger partial charge in [-0.2, -0.15) is 0 Å². The first-order valence-electron chi connectivity index (χ1n) is 6.51. The summed E-state index contributed by atoms with van der Waals surface area (Å²) in [6.07, 6.45) is 5.58. The van der Waals surface area contributed by atoms with Gasteiger partial charge in [0.2, 0.25) is 5.91 Å². The van der Waals surface area contributed by atoms with E-state index in [0.29, 0.717) is 25.8 Å². The van der Waals surface area contributed by atoms with Gasteiger partial charge in [0.05, 0.1) is 19.8 Å². The van der Waals surface area contributed by atoms with E-state index in [2.05, 4.69) is 10.6 Å². The number of rotatable bonds is 9. The lowest BCUT2D eigenvalue weighted by atomic mass is 10.2. The van der Waals surface area contributed by atoms with Crippen molar-refractivity contribution in [3.8, 4) is 0 Å². The Hall–Kier alpha value is -0.650. The molecule has 0 unspecified atom stereocenters. The average Bonchev–Trinajstić information content (AvgIpc) is 2.80. The molecule has 5 nitrogen and oxygen atoms in total. The van der Waals surface area contributed by atoms with E-state index in [1.54, 1.807) is 0 Å². The van der Waals surface area contributed by atoms with Gasteiger partial charge in [0.15, 0.2) is 0 Å². The molecule has 0 spiro atoms. The van der Waals surface area contributed by atoms with Gasteiger partial charge in [0.1, 0.15) is 0 Å². The molecular weight excluding hydrogens is 220 g/mol. The zero-order chi connectivity index (χ0) is 12.3. The second-order valence-corrected chi connectivity index (χ2v) is 4.42. The van der Waals surface area contributed by atoms with Gasteiger partial charge in [-0.05, 0) is 25.8 Å². The van der Waals surface area contributed by atoms with Crippen molar-refractivity contribution in [1.29, 1.82) is 0 Å². The van der Waals surface area contributed by atoms with E-state index in [-0.39, 0.29) is 12.5 Å². The summed E-state index contributed by atoms with van der Waals surface area (Å²) in [5, 5.41) is 14.6. The zero-order valence-corrected chi connectivity index (χ0v) is 10.4. The highest BCUT2D eigenvalue weighted by atomic mass is 16.5. The quantitative estimate of drug-likeness (QED) is 0.501. The minimum atomic E-state index is 0.0667. The Labute approximate surface area is 103 Å². The molecule has 1 fully saturated rings. The van der Waals surface area contributed by atoms with E-state index < -0.39 is 0 Å². The third-order valence-corrected chi connectivity index (χ3v) is 2.88. The molecule has 0 radical (unpaired) electrons. The largest absolute Gasteiger partial charge is 0.394 e. The Balaban J connectivity index is 1.86. The molecule has 0 aromatic carbocycles. The van der Waals surface area contributed by atoms with Crippen LogP contribution in [0.5, 0.6) is 0 Å². The summed E-state index contributed by atoms with van der Waals surface area (Å²) in [6, 6.07) is 0.400. The van der Waals surface area contributed by atoms with Crippen LogP contribution in [0, 0.1) is 0 Å². The van der Waals surface area contributed by atoms with Crippen LogP contribution in [0.25, 0.3) is 0 Å².